The van der Waals surface area contributed by atoms with E-state index in [1.54, 1.807) is 9.80 Å². The van der Waals surface area contributed by atoms with Crippen molar-refractivity contribution < 1.29 is 18.9 Å². The molecular weight excluding hydrogens is 328 g/mol. The first kappa shape index (κ1) is 17.2. The Balaban J connectivity index is 1.49. The van der Waals surface area contributed by atoms with Crippen LogP contribution >= 0.6 is 0 Å². The van der Waals surface area contributed by atoms with E-state index in [4.69, 9.17) is 4.42 Å². The molecule has 2 heterocycles. The lowest BCUT2D eigenvalue weighted by Gasteiger charge is -2.35. The molecule has 9 heteroatoms. The number of hydrogen-bond donors (Lipinski definition) is 1. The number of hydrogen-bond acceptors (Lipinski definition) is 5. The highest BCUT2D eigenvalue weighted by Crippen LogP contribution is 2.19. The molecule has 1 N–H and O–H groups in total. The molecule has 1 aromatic heterocycles. The van der Waals surface area contributed by atoms with Crippen molar-refractivity contribution in [1.29, 1.82) is 0 Å². The zero-order valence-electron chi connectivity index (χ0n) is 14.0. The van der Waals surface area contributed by atoms with Crippen LogP contribution in [0.3, 0.4) is 0 Å². The molecule has 25 heavy (non-hydrogen) atoms. The van der Waals surface area contributed by atoms with Crippen LogP contribution in [0.15, 0.2) is 16.5 Å². The summed E-state index contributed by atoms with van der Waals surface area (Å²) in [5.74, 6) is -0.888. The van der Waals surface area contributed by atoms with Gasteiger partial charge in [0.1, 0.15) is 4.92 Å². The van der Waals surface area contributed by atoms with E-state index >= 15 is 0 Å². The number of nitrogens with one attached hydrogen (secondary N) is 1. The van der Waals surface area contributed by atoms with Crippen LogP contribution in [0.4, 0.5) is 10.7 Å². The largest absolute Gasteiger partial charge is 0.433 e. The zero-order valence-corrected chi connectivity index (χ0v) is 14.0. The number of furan rings is 1. The first-order valence-corrected chi connectivity index (χ1v) is 8.63. The Morgan fingerprint density at radius 2 is 1.72 bits per heavy atom. The third kappa shape index (κ3) is 4.09. The van der Waals surface area contributed by atoms with E-state index in [1.807, 2.05) is 0 Å². The minimum absolute atomic E-state index is 0.0493. The van der Waals surface area contributed by atoms with Crippen molar-refractivity contribution in [2.75, 3.05) is 26.2 Å². The van der Waals surface area contributed by atoms with E-state index in [9.17, 15) is 19.7 Å². The molecule has 0 bridgehead atoms. The van der Waals surface area contributed by atoms with Gasteiger partial charge >= 0.3 is 11.9 Å². The Bertz CT molecular complexity index is 645. The molecule has 0 radical (unpaired) electrons. The average Bonchev–Trinajstić information content (AvgIpc) is 3.12. The second kappa shape index (κ2) is 7.54. The van der Waals surface area contributed by atoms with Crippen LogP contribution in [0.1, 0.15) is 42.7 Å². The lowest BCUT2D eigenvalue weighted by atomic mass is 9.96. The second-order valence-electron chi connectivity index (χ2n) is 6.46. The minimum Gasteiger partial charge on any atom is -0.395 e. The van der Waals surface area contributed by atoms with Gasteiger partial charge in [0.05, 0.1) is 6.07 Å². The van der Waals surface area contributed by atoms with Crippen LogP contribution < -0.4 is 5.32 Å². The number of urea groups is 1. The van der Waals surface area contributed by atoms with Crippen molar-refractivity contribution in [1.82, 2.24) is 15.1 Å². The van der Waals surface area contributed by atoms with Gasteiger partial charge in [-0.3, -0.25) is 14.9 Å². The number of carbonyl (C=O) groups excluding carboxylic acids is 2. The van der Waals surface area contributed by atoms with Crippen molar-refractivity contribution in [3.05, 3.63) is 28.0 Å². The fourth-order valence-electron chi connectivity index (χ4n) is 3.32. The monoisotopic (exact) mass is 350 g/mol. The lowest BCUT2D eigenvalue weighted by molar-refractivity contribution is -0.402. The molecule has 1 saturated heterocycles. The summed E-state index contributed by atoms with van der Waals surface area (Å²) in [7, 11) is 0. The molecule has 0 aromatic carbocycles. The van der Waals surface area contributed by atoms with E-state index in [0.717, 1.165) is 25.7 Å². The van der Waals surface area contributed by atoms with Crippen LogP contribution in [-0.4, -0.2) is 58.9 Å². The Morgan fingerprint density at radius 3 is 2.32 bits per heavy atom. The van der Waals surface area contributed by atoms with Gasteiger partial charge in [0.15, 0.2) is 5.76 Å². The van der Waals surface area contributed by atoms with Gasteiger partial charge in [-0.15, -0.1) is 0 Å². The summed E-state index contributed by atoms with van der Waals surface area (Å²) in [4.78, 5) is 37.8. The Morgan fingerprint density at radius 1 is 1.08 bits per heavy atom. The third-order valence-electron chi connectivity index (χ3n) is 4.77. The molecule has 1 aliphatic heterocycles. The second-order valence-corrected chi connectivity index (χ2v) is 6.46. The fourth-order valence-corrected chi connectivity index (χ4v) is 3.32. The molecule has 1 aliphatic carbocycles. The smallest absolute Gasteiger partial charge is 0.395 e. The van der Waals surface area contributed by atoms with Crippen molar-refractivity contribution in [3.63, 3.8) is 0 Å². The molecule has 3 rings (SSSR count). The van der Waals surface area contributed by atoms with Crippen molar-refractivity contribution in [2.45, 2.75) is 38.1 Å². The summed E-state index contributed by atoms with van der Waals surface area (Å²) < 4.78 is 4.95. The Labute approximate surface area is 145 Å². The summed E-state index contributed by atoms with van der Waals surface area (Å²) in [5.41, 5.74) is 0. The van der Waals surface area contributed by atoms with Gasteiger partial charge in [0, 0.05) is 32.2 Å². The van der Waals surface area contributed by atoms with Gasteiger partial charge in [-0.2, -0.15) is 0 Å². The number of rotatable bonds is 3. The fraction of sp³-hybridized carbons (Fsp3) is 0.625. The third-order valence-corrected chi connectivity index (χ3v) is 4.77. The van der Waals surface area contributed by atoms with E-state index in [1.165, 1.54) is 18.6 Å². The molecule has 3 amide bonds. The molecule has 2 fully saturated rings. The van der Waals surface area contributed by atoms with Gasteiger partial charge in [0.2, 0.25) is 0 Å². The van der Waals surface area contributed by atoms with Crippen molar-refractivity contribution in [3.8, 4) is 0 Å². The van der Waals surface area contributed by atoms with Gasteiger partial charge in [-0.1, -0.05) is 19.3 Å². The van der Waals surface area contributed by atoms with Crippen LogP contribution in [-0.2, 0) is 0 Å². The van der Waals surface area contributed by atoms with E-state index in [2.05, 4.69) is 5.32 Å². The number of piperazine rings is 1. The van der Waals surface area contributed by atoms with Crippen molar-refractivity contribution >= 4 is 17.8 Å². The number of nitrogens with zero attached hydrogens (tertiary/aromatic N) is 3. The molecule has 1 saturated carbocycles. The maximum atomic E-state index is 12.3. The van der Waals surface area contributed by atoms with Crippen LogP contribution in [0.25, 0.3) is 0 Å². The molecule has 0 atom stereocenters. The molecular formula is C16H22N4O5. The van der Waals surface area contributed by atoms with Gasteiger partial charge in [0.25, 0.3) is 5.91 Å². The lowest BCUT2D eigenvalue weighted by Crippen LogP contribution is -2.54. The molecule has 0 unspecified atom stereocenters. The summed E-state index contributed by atoms with van der Waals surface area (Å²) >= 11 is 0. The van der Waals surface area contributed by atoms with E-state index in [-0.39, 0.29) is 23.7 Å². The van der Waals surface area contributed by atoms with E-state index in [0.29, 0.717) is 26.2 Å². The first-order valence-electron chi connectivity index (χ1n) is 8.63. The normalized spacial score (nSPS) is 18.9. The number of amides is 3. The maximum absolute atomic E-state index is 12.3. The Kier molecular flexibility index (Phi) is 5.20. The highest BCUT2D eigenvalue weighted by atomic mass is 16.6. The molecule has 136 valence electrons. The SMILES string of the molecule is O=C(NC1CCCCC1)N1CCN(C(=O)c2ccc([N+](=O)[O-])o2)CC1. The van der Waals surface area contributed by atoms with Gasteiger partial charge in [-0.25, -0.2) is 4.79 Å². The summed E-state index contributed by atoms with van der Waals surface area (Å²) in [5, 5.41) is 13.7. The van der Waals surface area contributed by atoms with Gasteiger partial charge in [-0.05, 0) is 18.9 Å². The highest BCUT2D eigenvalue weighted by Gasteiger charge is 2.28. The zero-order chi connectivity index (χ0) is 17.8. The summed E-state index contributed by atoms with van der Waals surface area (Å²) in [6.07, 6.45) is 5.60. The maximum Gasteiger partial charge on any atom is 0.433 e. The topological polar surface area (TPSA) is 109 Å². The minimum atomic E-state index is -0.676. The first-order chi connectivity index (χ1) is 12.0. The summed E-state index contributed by atoms with van der Waals surface area (Å²) in [6.45, 7) is 1.64. The quantitative estimate of drug-likeness (QED) is 0.662. The highest BCUT2D eigenvalue weighted by molar-refractivity contribution is 5.92. The predicted octanol–water partition coefficient (Wildman–Crippen LogP) is 1.99. The summed E-state index contributed by atoms with van der Waals surface area (Å²) in [6, 6.07) is 2.65. The van der Waals surface area contributed by atoms with E-state index < -0.39 is 10.8 Å². The molecule has 0 spiro atoms. The molecule has 1 aromatic rings. The van der Waals surface area contributed by atoms with Gasteiger partial charge < -0.3 is 19.5 Å². The van der Waals surface area contributed by atoms with Crippen LogP contribution in [0.5, 0.6) is 0 Å². The van der Waals surface area contributed by atoms with Crippen LogP contribution in [0.2, 0.25) is 0 Å². The predicted molar refractivity (Wildman–Crippen MR) is 88.2 cm³/mol. The Hall–Kier alpha value is -2.58. The molecule has 2 aliphatic rings. The average molecular weight is 350 g/mol. The van der Waals surface area contributed by atoms with Crippen LogP contribution in [0, 0.1) is 10.1 Å². The number of nitro groups is 1. The van der Waals surface area contributed by atoms with Crippen molar-refractivity contribution in [2.24, 2.45) is 0 Å². The molecule has 9 nitrogen and oxygen atoms in total. The number of carbonyl (C=O) groups is 2. The standard InChI is InChI=1S/C16H22N4O5/c21-15(13-6-7-14(25-13)20(23)24)18-8-10-19(11-9-18)16(22)17-12-4-2-1-3-5-12/h6-7,12H,1-5,8-11H2,(H,17,22).